The van der Waals surface area contributed by atoms with Crippen LogP contribution in [0.25, 0.3) is 0 Å². The van der Waals surface area contributed by atoms with Gasteiger partial charge in [0.05, 0.1) is 0 Å². The number of anilines is 1. The lowest BCUT2D eigenvalue weighted by molar-refractivity contribution is 0.0754. The van der Waals surface area contributed by atoms with E-state index in [1.54, 1.807) is 17.0 Å². The van der Waals surface area contributed by atoms with Crippen LogP contribution in [-0.2, 0) is 0 Å². The smallest absolute Gasteiger partial charge is 0.253 e. The first kappa shape index (κ1) is 15.3. The summed E-state index contributed by atoms with van der Waals surface area (Å²) in [5.41, 5.74) is 7.04. The molecule has 0 saturated carbocycles. The molecule has 110 valence electrons. The Morgan fingerprint density at radius 1 is 1.50 bits per heavy atom. The molecule has 0 bridgehead atoms. The predicted octanol–water partition coefficient (Wildman–Crippen LogP) is 2.59. The lowest BCUT2D eigenvalue weighted by Gasteiger charge is -2.28. The Morgan fingerprint density at radius 2 is 2.25 bits per heavy atom. The topological polar surface area (TPSA) is 49.6 Å². The summed E-state index contributed by atoms with van der Waals surface area (Å²) in [5.74, 6) is 0.0287. The van der Waals surface area contributed by atoms with Crippen molar-refractivity contribution in [3.8, 4) is 0 Å². The van der Waals surface area contributed by atoms with Crippen LogP contribution in [0.2, 0.25) is 0 Å². The summed E-state index contributed by atoms with van der Waals surface area (Å²) in [6.45, 7) is 5.15. The molecule has 1 aromatic carbocycles. The number of carbonyl (C=O) groups excluding carboxylic acids is 1. The molecule has 0 aliphatic carbocycles. The summed E-state index contributed by atoms with van der Waals surface area (Å²) >= 11 is 3.38. The van der Waals surface area contributed by atoms with E-state index in [2.05, 4.69) is 27.8 Å². The number of halogens is 1. The molecule has 1 aromatic rings. The van der Waals surface area contributed by atoms with Gasteiger partial charge in [-0.1, -0.05) is 22.9 Å². The normalized spacial score (nSPS) is 19.2. The fraction of sp³-hybridized carbons (Fsp3) is 0.533. The number of nitrogens with two attached hydrogens (primary N) is 1. The molecule has 5 heteroatoms. The van der Waals surface area contributed by atoms with Crippen molar-refractivity contribution in [2.75, 3.05) is 32.4 Å². The molecule has 2 N–H and O–H groups in total. The number of likely N-dealkylation sites (N-methyl/N-ethyl adjacent to an activating group) is 2. The van der Waals surface area contributed by atoms with E-state index in [9.17, 15) is 4.79 Å². The fourth-order valence-electron chi connectivity index (χ4n) is 2.87. The zero-order chi connectivity index (χ0) is 14.7. The highest BCUT2D eigenvalue weighted by atomic mass is 79.9. The minimum absolute atomic E-state index is 0.0287. The molecule has 20 heavy (non-hydrogen) atoms. The highest BCUT2D eigenvalue weighted by Crippen LogP contribution is 2.20. The van der Waals surface area contributed by atoms with Gasteiger partial charge in [-0.05, 0) is 44.1 Å². The summed E-state index contributed by atoms with van der Waals surface area (Å²) in [6, 6.07) is 5.84. The van der Waals surface area contributed by atoms with Crippen molar-refractivity contribution >= 4 is 27.5 Å². The number of likely N-dealkylation sites (tertiary alicyclic amines) is 1. The van der Waals surface area contributed by atoms with E-state index < -0.39 is 0 Å². The maximum atomic E-state index is 12.5. The highest BCUT2D eigenvalue weighted by molar-refractivity contribution is 9.10. The summed E-state index contributed by atoms with van der Waals surface area (Å²) in [7, 11) is 1.87. The van der Waals surface area contributed by atoms with Crippen molar-refractivity contribution in [1.29, 1.82) is 0 Å². The Balaban J connectivity index is 2.04. The molecule has 0 aromatic heterocycles. The van der Waals surface area contributed by atoms with E-state index in [-0.39, 0.29) is 5.91 Å². The van der Waals surface area contributed by atoms with Gasteiger partial charge in [-0.2, -0.15) is 0 Å². The molecule has 4 nitrogen and oxygen atoms in total. The van der Waals surface area contributed by atoms with Gasteiger partial charge >= 0.3 is 0 Å². The van der Waals surface area contributed by atoms with Crippen LogP contribution in [0.4, 0.5) is 5.69 Å². The summed E-state index contributed by atoms with van der Waals surface area (Å²) in [5, 5.41) is 0. The van der Waals surface area contributed by atoms with Gasteiger partial charge in [-0.25, -0.2) is 0 Å². The molecule has 1 unspecified atom stereocenters. The summed E-state index contributed by atoms with van der Waals surface area (Å²) < 4.78 is 0.838. The minimum atomic E-state index is 0.0287. The zero-order valence-electron chi connectivity index (χ0n) is 12.1. The third-order valence-electron chi connectivity index (χ3n) is 3.90. The Bertz CT molecular complexity index is 472. The van der Waals surface area contributed by atoms with Gasteiger partial charge in [0.2, 0.25) is 0 Å². The third kappa shape index (κ3) is 3.52. The number of nitrogens with zero attached hydrogens (tertiary/aromatic N) is 2. The van der Waals surface area contributed by atoms with Gasteiger partial charge in [0.1, 0.15) is 0 Å². The minimum Gasteiger partial charge on any atom is -0.399 e. The van der Waals surface area contributed by atoms with E-state index in [0.717, 1.165) is 24.1 Å². The average Bonchev–Trinajstić information content (AvgIpc) is 2.83. The number of rotatable bonds is 4. The molecule has 1 aliphatic rings. The number of carbonyl (C=O) groups is 1. The number of nitrogen functional groups attached to an aromatic ring is 1. The lowest BCUT2D eigenvalue weighted by Crippen LogP contribution is -2.41. The Kier molecular flexibility index (Phi) is 5.05. The van der Waals surface area contributed by atoms with Gasteiger partial charge in [-0.3, -0.25) is 9.69 Å². The van der Waals surface area contributed by atoms with E-state index in [1.807, 2.05) is 13.1 Å². The number of amides is 1. The van der Waals surface area contributed by atoms with Crippen LogP contribution in [0, 0.1) is 0 Å². The second-order valence-corrected chi connectivity index (χ2v) is 6.30. The highest BCUT2D eigenvalue weighted by Gasteiger charge is 2.26. The quantitative estimate of drug-likeness (QED) is 0.857. The second-order valence-electron chi connectivity index (χ2n) is 5.38. The van der Waals surface area contributed by atoms with Crippen molar-refractivity contribution in [1.82, 2.24) is 9.80 Å². The molecule has 0 radical (unpaired) electrons. The molecule has 1 amide bonds. The first-order valence-electron chi connectivity index (χ1n) is 7.07. The second kappa shape index (κ2) is 6.59. The summed E-state index contributed by atoms with van der Waals surface area (Å²) in [6.07, 6.45) is 2.40. The maximum absolute atomic E-state index is 12.5. The first-order valence-corrected chi connectivity index (χ1v) is 7.86. The average molecular weight is 340 g/mol. The van der Waals surface area contributed by atoms with Crippen LogP contribution in [0.3, 0.4) is 0 Å². The fourth-order valence-corrected chi connectivity index (χ4v) is 3.38. The zero-order valence-corrected chi connectivity index (χ0v) is 13.7. The monoisotopic (exact) mass is 339 g/mol. The maximum Gasteiger partial charge on any atom is 0.253 e. The summed E-state index contributed by atoms with van der Waals surface area (Å²) in [4.78, 5) is 16.7. The van der Waals surface area contributed by atoms with Crippen molar-refractivity contribution in [2.45, 2.75) is 25.8 Å². The van der Waals surface area contributed by atoms with Crippen molar-refractivity contribution < 1.29 is 4.79 Å². The standard InChI is InChI=1S/C15H22BrN3O/c1-3-19-6-4-5-14(19)10-18(2)15(20)11-7-12(16)9-13(17)8-11/h7-9,14H,3-6,10,17H2,1-2H3. The van der Waals surface area contributed by atoms with Crippen LogP contribution in [0.1, 0.15) is 30.1 Å². The van der Waals surface area contributed by atoms with Crippen LogP contribution in [-0.4, -0.2) is 48.4 Å². The molecular formula is C15H22BrN3O. The van der Waals surface area contributed by atoms with Crippen molar-refractivity contribution in [2.24, 2.45) is 0 Å². The molecule has 1 aliphatic heterocycles. The van der Waals surface area contributed by atoms with Crippen LogP contribution in [0.5, 0.6) is 0 Å². The van der Waals surface area contributed by atoms with Gasteiger partial charge in [0.25, 0.3) is 5.91 Å². The molecule has 1 atom stereocenters. The van der Waals surface area contributed by atoms with Crippen LogP contribution < -0.4 is 5.73 Å². The molecule has 2 rings (SSSR count). The van der Waals surface area contributed by atoms with E-state index in [0.29, 0.717) is 17.3 Å². The van der Waals surface area contributed by atoms with Crippen molar-refractivity contribution in [3.05, 3.63) is 28.2 Å². The predicted molar refractivity (Wildman–Crippen MR) is 85.8 cm³/mol. The molecular weight excluding hydrogens is 318 g/mol. The number of hydrogen-bond donors (Lipinski definition) is 1. The van der Waals surface area contributed by atoms with E-state index in [1.165, 1.54) is 12.8 Å². The van der Waals surface area contributed by atoms with Gasteiger partial charge in [0, 0.05) is 35.4 Å². The van der Waals surface area contributed by atoms with Crippen molar-refractivity contribution in [3.63, 3.8) is 0 Å². The largest absolute Gasteiger partial charge is 0.399 e. The van der Waals surface area contributed by atoms with Crippen LogP contribution in [0.15, 0.2) is 22.7 Å². The van der Waals surface area contributed by atoms with Gasteiger partial charge in [0.15, 0.2) is 0 Å². The third-order valence-corrected chi connectivity index (χ3v) is 4.36. The van der Waals surface area contributed by atoms with E-state index in [4.69, 9.17) is 5.73 Å². The number of benzene rings is 1. The first-order chi connectivity index (χ1) is 9.51. The Labute approximate surface area is 129 Å². The molecule has 1 saturated heterocycles. The van der Waals surface area contributed by atoms with Crippen LogP contribution >= 0.6 is 15.9 Å². The Morgan fingerprint density at radius 3 is 2.90 bits per heavy atom. The molecule has 1 fully saturated rings. The Hall–Kier alpha value is -1.07. The molecule has 0 spiro atoms. The SMILES string of the molecule is CCN1CCCC1CN(C)C(=O)c1cc(N)cc(Br)c1. The lowest BCUT2D eigenvalue weighted by atomic mass is 10.1. The van der Waals surface area contributed by atoms with E-state index >= 15 is 0 Å². The number of hydrogen-bond acceptors (Lipinski definition) is 3. The molecule has 1 heterocycles. The van der Waals surface area contributed by atoms with Gasteiger partial charge < -0.3 is 10.6 Å². The van der Waals surface area contributed by atoms with Gasteiger partial charge in [-0.15, -0.1) is 0 Å².